The van der Waals surface area contributed by atoms with Gasteiger partial charge in [-0.05, 0) is 36.4 Å². The standard InChI is InChI=1S/C20H15N3O4S/c1-26-16-4-2-3-5-17(16)27-14-8-6-13(7-9-14)22-18(24)15-12-21-20-23(19(15)25)10-11-28-20/h2-12H,1H3,(H,22,24). The number of nitrogens with one attached hydrogen (secondary N) is 1. The molecule has 0 bridgehead atoms. The summed E-state index contributed by atoms with van der Waals surface area (Å²) >= 11 is 1.33. The fourth-order valence-electron chi connectivity index (χ4n) is 2.62. The third-order valence-corrected chi connectivity index (χ3v) is 4.77. The molecule has 4 rings (SSSR count). The Balaban J connectivity index is 1.50. The first kappa shape index (κ1) is 17.7. The van der Waals surface area contributed by atoms with Crippen LogP contribution in [0, 0.1) is 0 Å². The summed E-state index contributed by atoms with van der Waals surface area (Å²) in [6.45, 7) is 0. The zero-order valence-corrected chi connectivity index (χ0v) is 15.6. The van der Waals surface area contributed by atoms with Gasteiger partial charge >= 0.3 is 0 Å². The van der Waals surface area contributed by atoms with Crippen molar-refractivity contribution in [2.45, 2.75) is 0 Å². The highest BCUT2D eigenvalue weighted by Gasteiger charge is 2.14. The number of nitrogens with zero attached hydrogens (tertiary/aromatic N) is 2. The smallest absolute Gasteiger partial charge is 0.271 e. The molecule has 1 N–H and O–H groups in total. The van der Waals surface area contributed by atoms with Crippen LogP contribution in [-0.4, -0.2) is 22.4 Å². The molecule has 2 aromatic heterocycles. The predicted molar refractivity (Wildman–Crippen MR) is 107 cm³/mol. The number of rotatable bonds is 5. The summed E-state index contributed by atoms with van der Waals surface area (Å²) in [4.78, 5) is 29.5. The van der Waals surface area contributed by atoms with Crippen molar-refractivity contribution in [1.29, 1.82) is 0 Å². The Morgan fingerprint density at radius 1 is 1.11 bits per heavy atom. The Labute approximate surface area is 163 Å². The topological polar surface area (TPSA) is 81.9 Å². The molecule has 0 saturated carbocycles. The van der Waals surface area contributed by atoms with E-state index in [-0.39, 0.29) is 5.56 Å². The van der Waals surface area contributed by atoms with Crippen LogP contribution in [0.1, 0.15) is 10.4 Å². The van der Waals surface area contributed by atoms with E-state index in [9.17, 15) is 9.59 Å². The average Bonchev–Trinajstić information content (AvgIpc) is 3.20. The van der Waals surface area contributed by atoms with Crippen LogP contribution in [0.3, 0.4) is 0 Å². The second kappa shape index (κ2) is 7.53. The van der Waals surface area contributed by atoms with E-state index in [0.29, 0.717) is 27.9 Å². The summed E-state index contributed by atoms with van der Waals surface area (Å²) in [5.74, 6) is 1.28. The number of thiazole rings is 1. The van der Waals surface area contributed by atoms with Gasteiger partial charge in [-0.1, -0.05) is 12.1 Å². The number of fused-ring (bicyclic) bond motifs is 1. The molecule has 0 spiro atoms. The lowest BCUT2D eigenvalue weighted by Gasteiger charge is -2.10. The number of hydrogen-bond acceptors (Lipinski definition) is 6. The lowest BCUT2D eigenvalue weighted by atomic mass is 10.2. The largest absolute Gasteiger partial charge is 0.493 e. The lowest BCUT2D eigenvalue weighted by Crippen LogP contribution is -2.25. The van der Waals surface area contributed by atoms with Crippen molar-refractivity contribution in [3.63, 3.8) is 0 Å². The second-order valence-electron chi connectivity index (χ2n) is 5.76. The van der Waals surface area contributed by atoms with E-state index in [1.54, 1.807) is 55.1 Å². The van der Waals surface area contributed by atoms with Crippen molar-refractivity contribution in [2.24, 2.45) is 0 Å². The number of para-hydroxylation sites is 2. The molecule has 140 valence electrons. The predicted octanol–water partition coefficient (Wildman–Crippen LogP) is 3.81. The van der Waals surface area contributed by atoms with E-state index in [1.807, 2.05) is 12.1 Å². The number of hydrogen-bond donors (Lipinski definition) is 1. The Kier molecular flexibility index (Phi) is 4.77. The van der Waals surface area contributed by atoms with Gasteiger partial charge in [0.1, 0.15) is 11.3 Å². The van der Waals surface area contributed by atoms with Gasteiger partial charge in [0.25, 0.3) is 11.5 Å². The summed E-state index contributed by atoms with van der Waals surface area (Å²) in [5, 5.41) is 4.44. The van der Waals surface area contributed by atoms with E-state index in [1.165, 1.54) is 21.9 Å². The first-order valence-corrected chi connectivity index (χ1v) is 9.21. The van der Waals surface area contributed by atoms with Gasteiger partial charge in [0.05, 0.1) is 7.11 Å². The van der Waals surface area contributed by atoms with Gasteiger partial charge in [0.2, 0.25) is 0 Å². The molecule has 2 aromatic carbocycles. The monoisotopic (exact) mass is 393 g/mol. The van der Waals surface area contributed by atoms with Gasteiger partial charge < -0.3 is 14.8 Å². The van der Waals surface area contributed by atoms with Crippen molar-refractivity contribution in [2.75, 3.05) is 12.4 Å². The number of methoxy groups -OCH3 is 1. The van der Waals surface area contributed by atoms with E-state index in [2.05, 4.69) is 10.3 Å². The van der Waals surface area contributed by atoms with Gasteiger partial charge in [-0.25, -0.2) is 4.98 Å². The van der Waals surface area contributed by atoms with Crippen molar-refractivity contribution in [3.8, 4) is 17.2 Å². The van der Waals surface area contributed by atoms with Gasteiger partial charge in [0, 0.05) is 23.5 Å². The lowest BCUT2D eigenvalue weighted by molar-refractivity contribution is 0.102. The van der Waals surface area contributed by atoms with Crippen LogP contribution in [0.4, 0.5) is 5.69 Å². The highest BCUT2D eigenvalue weighted by molar-refractivity contribution is 7.15. The molecule has 28 heavy (non-hydrogen) atoms. The van der Waals surface area contributed by atoms with Crippen LogP contribution in [-0.2, 0) is 0 Å². The maximum absolute atomic E-state index is 12.5. The van der Waals surface area contributed by atoms with Gasteiger partial charge in [0.15, 0.2) is 16.5 Å². The molecule has 0 fully saturated rings. The van der Waals surface area contributed by atoms with Crippen molar-refractivity contribution < 1.29 is 14.3 Å². The maximum Gasteiger partial charge on any atom is 0.271 e. The number of anilines is 1. The molecular formula is C20H15N3O4S. The summed E-state index contributed by atoms with van der Waals surface area (Å²) < 4.78 is 12.4. The van der Waals surface area contributed by atoms with Crippen LogP contribution in [0.5, 0.6) is 17.2 Å². The number of carbonyl (C=O) groups excluding carboxylic acids is 1. The molecule has 0 saturated heterocycles. The quantitative estimate of drug-likeness (QED) is 0.558. The van der Waals surface area contributed by atoms with Crippen molar-refractivity contribution in [3.05, 3.63) is 82.2 Å². The van der Waals surface area contributed by atoms with Crippen LogP contribution in [0.25, 0.3) is 4.96 Å². The van der Waals surface area contributed by atoms with Gasteiger partial charge in [-0.3, -0.25) is 14.0 Å². The first-order valence-electron chi connectivity index (χ1n) is 8.33. The maximum atomic E-state index is 12.5. The minimum atomic E-state index is -0.517. The zero-order chi connectivity index (χ0) is 19.5. The fraction of sp³-hybridized carbons (Fsp3) is 0.0500. The van der Waals surface area contributed by atoms with Crippen LogP contribution in [0.2, 0.25) is 0 Å². The normalized spacial score (nSPS) is 10.6. The van der Waals surface area contributed by atoms with Crippen molar-refractivity contribution in [1.82, 2.24) is 9.38 Å². The second-order valence-corrected chi connectivity index (χ2v) is 6.64. The van der Waals surface area contributed by atoms with E-state index in [0.717, 1.165) is 0 Å². The summed E-state index contributed by atoms with van der Waals surface area (Å²) in [7, 11) is 1.58. The minimum absolute atomic E-state index is 0.0229. The summed E-state index contributed by atoms with van der Waals surface area (Å²) in [6, 6.07) is 14.1. The van der Waals surface area contributed by atoms with E-state index in [4.69, 9.17) is 9.47 Å². The molecule has 0 unspecified atom stereocenters. The van der Waals surface area contributed by atoms with E-state index >= 15 is 0 Å². The minimum Gasteiger partial charge on any atom is -0.493 e. The highest BCUT2D eigenvalue weighted by Crippen LogP contribution is 2.31. The molecule has 0 aliphatic heterocycles. The average molecular weight is 393 g/mol. The van der Waals surface area contributed by atoms with Crippen LogP contribution >= 0.6 is 11.3 Å². The molecule has 1 amide bonds. The van der Waals surface area contributed by atoms with Crippen LogP contribution < -0.4 is 20.3 Å². The third kappa shape index (κ3) is 3.45. The fourth-order valence-corrected chi connectivity index (χ4v) is 3.29. The van der Waals surface area contributed by atoms with Crippen LogP contribution in [0.15, 0.2) is 71.1 Å². The number of carbonyl (C=O) groups is 1. The number of ether oxygens (including phenoxy) is 2. The highest BCUT2D eigenvalue weighted by atomic mass is 32.1. The Morgan fingerprint density at radius 3 is 2.61 bits per heavy atom. The number of aromatic nitrogens is 2. The number of amides is 1. The zero-order valence-electron chi connectivity index (χ0n) is 14.8. The Morgan fingerprint density at radius 2 is 1.86 bits per heavy atom. The molecule has 2 heterocycles. The molecule has 4 aromatic rings. The van der Waals surface area contributed by atoms with Crippen molar-refractivity contribution >= 4 is 27.9 Å². The Bertz CT molecular complexity index is 1200. The molecule has 0 atom stereocenters. The van der Waals surface area contributed by atoms with E-state index < -0.39 is 11.5 Å². The SMILES string of the molecule is COc1ccccc1Oc1ccc(NC(=O)c2cnc3sccn3c2=O)cc1. The molecule has 7 nitrogen and oxygen atoms in total. The van der Waals surface area contributed by atoms with Gasteiger partial charge in [-0.15, -0.1) is 11.3 Å². The third-order valence-electron chi connectivity index (χ3n) is 4.00. The summed E-state index contributed by atoms with van der Waals surface area (Å²) in [5.41, 5.74) is 0.109. The Hall–Kier alpha value is -3.65. The molecule has 0 aliphatic carbocycles. The molecule has 0 aliphatic rings. The first-order chi connectivity index (χ1) is 13.7. The van der Waals surface area contributed by atoms with Gasteiger partial charge in [-0.2, -0.15) is 0 Å². The molecule has 8 heteroatoms. The summed E-state index contributed by atoms with van der Waals surface area (Å²) in [6.07, 6.45) is 2.89. The molecular weight excluding hydrogens is 378 g/mol. The molecule has 0 radical (unpaired) electrons. The number of benzene rings is 2.